The molecule has 0 fully saturated rings. The first-order valence-corrected chi connectivity index (χ1v) is 7.56. The maximum absolute atomic E-state index is 12.1. The van der Waals surface area contributed by atoms with Gasteiger partial charge in [-0.1, -0.05) is 24.6 Å². The highest BCUT2D eigenvalue weighted by Crippen LogP contribution is 2.16. The molecule has 0 radical (unpaired) electrons. The topological polar surface area (TPSA) is 83.5 Å². The zero-order valence-electron chi connectivity index (χ0n) is 11.3. The predicted molar refractivity (Wildman–Crippen MR) is 72.5 cm³/mol. The van der Waals surface area contributed by atoms with Gasteiger partial charge in [0.2, 0.25) is 10.0 Å². The first-order valence-electron chi connectivity index (χ1n) is 6.07. The minimum Gasteiger partial charge on any atom is -0.481 e. The Morgan fingerprint density at radius 1 is 1.37 bits per heavy atom. The van der Waals surface area contributed by atoms with E-state index in [0.29, 0.717) is 12.0 Å². The first-order chi connectivity index (χ1) is 8.77. The number of sulfonamides is 1. The van der Waals surface area contributed by atoms with Gasteiger partial charge >= 0.3 is 5.97 Å². The first kappa shape index (κ1) is 15.7. The van der Waals surface area contributed by atoms with Gasteiger partial charge in [0.1, 0.15) is 0 Å². The Bertz CT molecular complexity index is 566. The fourth-order valence-electron chi connectivity index (χ4n) is 1.80. The van der Waals surface area contributed by atoms with Crippen molar-refractivity contribution < 1.29 is 18.3 Å². The third-order valence-electron chi connectivity index (χ3n) is 2.98. The van der Waals surface area contributed by atoms with Crippen LogP contribution >= 0.6 is 0 Å². The molecule has 1 aromatic carbocycles. The highest BCUT2D eigenvalue weighted by Gasteiger charge is 2.21. The quantitative estimate of drug-likeness (QED) is 0.833. The minimum absolute atomic E-state index is 0.0958. The van der Waals surface area contributed by atoms with Gasteiger partial charge in [0.25, 0.3) is 0 Å². The minimum atomic E-state index is -3.66. The monoisotopic (exact) mass is 285 g/mol. The molecule has 0 saturated heterocycles. The molecule has 0 heterocycles. The van der Waals surface area contributed by atoms with Crippen LogP contribution in [0.1, 0.15) is 24.5 Å². The van der Waals surface area contributed by atoms with Crippen LogP contribution in [0, 0.1) is 19.8 Å². The number of hydrogen-bond acceptors (Lipinski definition) is 3. The van der Waals surface area contributed by atoms with E-state index in [2.05, 4.69) is 4.72 Å². The molecular formula is C13H19NO4S. The summed E-state index contributed by atoms with van der Waals surface area (Å²) < 4.78 is 26.6. The zero-order valence-corrected chi connectivity index (χ0v) is 12.1. The number of carbonyl (C=O) groups is 1. The van der Waals surface area contributed by atoms with Crippen LogP contribution in [0.25, 0.3) is 0 Å². The van der Waals surface area contributed by atoms with E-state index in [0.717, 1.165) is 5.56 Å². The lowest BCUT2D eigenvalue weighted by Crippen LogP contribution is -2.33. The second-order valence-corrected chi connectivity index (χ2v) is 6.30. The van der Waals surface area contributed by atoms with Crippen molar-refractivity contribution in [2.45, 2.75) is 32.1 Å². The molecule has 0 saturated carbocycles. The molecule has 0 aliphatic carbocycles. The molecule has 1 atom stereocenters. The molecule has 5 nitrogen and oxygen atoms in total. The van der Waals surface area contributed by atoms with Gasteiger partial charge in [0, 0.05) is 6.54 Å². The van der Waals surface area contributed by atoms with Crippen molar-refractivity contribution in [3.05, 3.63) is 29.3 Å². The van der Waals surface area contributed by atoms with Crippen molar-refractivity contribution in [3.63, 3.8) is 0 Å². The zero-order chi connectivity index (χ0) is 14.6. The summed E-state index contributed by atoms with van der Waals surface area (Å²) in [6.45, 7) is 5.22. The van der Waals surface area contributed by atoms with Crippen molar-refractivity contribution >= 4 is 16.0 Å². The van der Waals surface area contributed by atoms with Crippen molar-refractivity contribution in [1.82, 2.24) is 4.72 Å². The van der Waals surface area contributed by atoms with Gasteiger partial charge in [-0.15, -0.1) is 0 Å². The summed E-state index contributed by atoms with van der Waals surface area (Å²) in [7, 11) is -3.66. The van der Waals surface area contributed by atoms with Crippen molar-refractivity contribution in [2.75, 3.05) is 6.54 Å². The molecule has 0 spiro atoms. The fraction of sp³-hybridized carbons (Fsp3) is 0.462. The van der Waals surface area contributed by atoms with Crippen LogP contribution in [0.15, 0.2) is 23.1 Å². The van der Waals surface area contributed by atoms with E-state index in [4.69, 9.17) is 5.11 Å². The number of hydrogen-bond donors (Lipinski definition) is 2. The number of aryl methyl sites for hydroxylation is 2. The van der Waals surface area contributed by atoms with Gasteiger partial charge in [-0.3, -0.25) is 4.79 Å². The largest absolute Gasteiger partial charge is 0.481 e. The van der Waals surface area contributed by atoms with Gasteiger partial charge in [-0.25, -0.2) is 13.1 Å². The maximum Gasteiger partial charge on any atom is 0.307 e. The number of carboxylic acid groups (broad SMARTS) is 1. The van der Waals surface area contributed by atoms with E-state index in [-0.39, 0.29) is 11.4 Å². The van der Waals surface area contributed by atoms with E-state index >= 15 is 0 Å². The molecule has 1 unspecified atom stereocenters. The molecule has 0 aliphatic rings. The highest BCUT2D eigenvalue weighted by molar-refractivity contribution is 7.89. The molecule has 0 aliphatic heterocycles. The lowest BCUT2D eigenvalue weighted by Gasteiger charge is -2.13. The molecular weight excluding hydrogens is 266 g/mol. The SMILES string of the molecule is CCC(CNS(=O)(=O)c1ccc(C)cc1C)C(=O)O. The third-order valence-corrected chi connectivity index (χ3v) is 4.57. The van der Waals surface area contributed by atoms with Crippen LogP contribution in [0.2, 0.25) is 0 Å². The number of carboxylic acids is 1. The lowest BCUT2D eigenvalue weighted by atomic mass is 10.1. The molecule has 19 heavy (non-hydrogen) atoms. The average molecular weight is 285 g/mol. The lowest BCUT2D eigenvalue weighted by molar-refractivity contribution is -0.141. The summed E-state index contributed by atoms with van der Waals surface area (Å²) in [6, 6.07) is 5.04. The van der Waals surface area contributed by atoms with E-state index in [9.17, 15) is 13.2 Å². The third kappa shape index (κ3) is 4.04. The van der Waals surface area contributed by atoms with Gasteiger partial charge < -0.3 is 5.11 Å². The Morgan fingerprint density at radius 2 is 2.00 bits per heavy atom. The molecule has 1 rings (SSSR count). The van der Waals surface area contributed by atoms with Crippen molar-refractivity contribution in [1.29, 1.82) is 0 Å². The summed E-state index contributed by atoms with van der Waals surface area (Å²) in [5.74, 6) is -1.70. The summed E-state index contributed by atoms with van der Waals surface area (Å²) in [4.78, 5) is 11.1. The van der Waals surface area contributed by atoms with Crippen LogP contribution in [0.3, 0.4) is 0 Å². The second-order valence-electron chi connectivity index (χ2n) is 4.56. The Morgan fingerprint density at radius 3 is 2.47 bits per heavy atom. The van der Waals surface area contributed by atoms with Crippen LogP contribution in [-0.2, 0) is 14.8 Å². The van der Waals surface area contributed by atoms with Crippen LogP contribution in [-0.4, -0.2) is 26.0 Å². The van der Waals surface area contributed by atoms with Crippen LogP contribution in [0.5, 0.6) is 0 Å². The van der Waals surface area contributed by atoms with E-state index < -0.39 is 21.9 Å². The number of aliphatic carboxylic acids is 1. The van der Waals surface area contributed by atoms with Gasteiger partial charge in [0.15, 0.2) is 0 Å². The van der Waals surface area contributed by atoms with Gasteiger partial charge in [-0.2, -0.15) is 0 Å². The van der Waals surface area contributed by atoms with Gasteiger partial charge in [0.05, 0.1) is 10.8 Å². The van der Waals surface area contributed by atoms with E-state index in [1.54, 1.807) is 26.0 Å². The van der Waals surface area contributed by atoms with Crippen molar-refractivity contribution in [3.8, 4) is 0 Å². The predicted octanol–water partition coefficient (Wildman–Crippen LogP) is 1.69. The molecule has 2 N–H and O–H groups in total. The van der Waals surface area contributed by atoms with Crippen LogP contribution in [0.4, 0.5) is 0 Å². The molecule has 106 valence electrons. The van der Waals surface area contributed by atoms with Gasteiger partial charge in [-0.05, 0) is 31.9 Å². The number of nitrogens with one attached hydrogen (secondary N) is 1. The molecule has 0 amide bonds. The fourth-order valence-corrected chi connectivity index (χ4v) is 3.10. The van der Waals surface area contributed by atoms with Crippen LogP contribution < -0.4 is 4.72 Å². The number of rotatable bonds is 6. The summed E-state index contributed by atoms with van der Waals surface area (Å²) in [5.41, 5.74) is 1.63. The van der Waals surface area contributed by atoms with E-state index in [1.807, 2.05) is 6.92 Å². The van der Waals surface area contributed by atoms with Crippen molar-refractivity contribution in [2.24, 2.45) is 5.92 Å². The second kappa shape index (κ2) is 6.16. The Hall–Kier alpha value is -1.40. The standard InChI is InChI=1S/C13H19NO4S/c1-4-11(13(15)16)8-14-19(17,18)12-6-5-9(2)7-10(12)3/h5-7,11,14H,4,8H2,1-3H3,(H,15,16). The van der Waals surface area contributed by atoms with E-state index in [1.165, 1.54) is 6.07 Å². The maximum atomic E-state index is 12.1. The highest BCUT2D eigenvalue weighted by atomic mass is 32.2. The summed E-state index contributed by atoms with van der Waals surface area (Å²) >= 11 is 0. The Labute approximate surface area is 113 Å². The normalized spacial score (nSPS) is 13.2. The molecule has 0 aromatic heterocycles. The average Bonchev–Trinajstić information content (AvgIpc) is 2.28. The Balaban J connectivity index is 2.90. The molecule has 1 aromatic rings. The smallest absolute Gasteiger partial charge is 0.307 e. The summed E-state index contributed by atoms with van der Waals surface area (Å²) in [5, 5.41) is 8.90. The molecule has 0 bridgehead atoms. The Kier molecular flexibility index (Phi) is 5.08. The molecule has 6 heteroatoms. The summed E-state index contributed by atoms with van der Waals surface area (Å²) in [6.07, 6.45) is 0.380. The number of benzene rings is 1.